The largest absolute Gasteiger partial charge is 0.399 e. The van der Waals surface area contributed by atoms with Crippen molar-refractivity contribution >= 4 is 17.4 Å². The highest BCUT2D eigenvalue weighted by Gasteiger charge is 2.24. The molecule has 5 nitrogen and oxygen atoms in total. The van der Waals surface area contributed by atoms with Crippen LogP contribution in [0.15, 0.2) is 42.6 Å². The summed E-state index contributed by atoms with van der Waals surface area (Å²) in [6, 6.07) is 10.8. The predicted octanol–water partition coefficient (Wildman–Crippen LogP) is 1.52. The minimum absolute atomic E-state index is 0.126. The molecular weight excluding hydrogens is 228 g/mol. The minimum Gasteiger partial charge on any atom is -0.399 e. The number of aromatic nitrogens is 1. The van der Waals surface area contributed by atoms with Crippen LogP contribution in [-0.4, -0.2) is 10.9 Å². The van der Waals surface area contributed by atoms with E-state index in [2.05, 4.69) is 15.6 Å². The third-order valence-corrected chi connectivity index (χ3v) is 2.88. The van der Waals surface area contributed by atoms with Crippen molar-refractivity contribution in [3.63, 3.8) is 0 Å². The first-order chi connectivity index (χ1) is 8.74. The average molecular weight is 240 g/mol. The molecule has 0 radical (unpaired) electrons. The summed E-state index contributed by atoms with van der Waals surface area (Å²) in [5.74, 6) is 0.474. The second-order valence-corrected chi connectivity index (χ2v) is 4.12. The van der Waals surface area contributed by atoms with Crippen LogP contribution in [0.3, 0.4) is 0 Å². The maximum Gasteiger partial charge on any atom is 0.256 e. The molecule has 1 aliphatic heterocycles. The van der Waals surface area contributed by atoms with Crippen molar-refractivity contribution in [1.29, 1.82) is 0 Å². The Hall–Kier alpha value is -2.56. The summed E-state index contributed by atoms with van der Waals surface area (Å²) in [5, 5.41) is 6.06. The van der Waals surface area contributed by atoms with Crippen LogP contribution in [-0.2, 0) is 0 Å². The van der Waals surface area contributed by atoms with Gasteiger partial charge >= 0.3 is 0 Å². The van der Waals surface area contributed by atoms with E-state index in [9.17, 15) is 4.79 Å². The maximum absolute atomic E-state index is 11.9. The van der Waals surface area contributed by atoms with Gasteiger partial charge in [-0.25, -0.2) is 4.98 Å². The van der Waals surface area contributed by atoms with Gasteiger partial charge in [0.25, 0.3) is 5.91 Å². The maximum atomic E-state index is 11.9. The second-order valence-electron chi connectivity index (χ2n) is 4.12. The number of pyridine rings is 1. The summed E-state index contributed by atoms with van der Waals surface area (Å²) < 4.78 is 0. The lowest BCUT2D eigenvalue weighted by Crippen LogP contribution is -2.38. The van der Waals surface area contributed by atoms with Crippen molar-refractivity contribution in [1.82, 2.24) is 10.3 Å². The van der Waals surface area contributed by atoms with E-state index >= 15 is 0 Å². The Morgan fingerprint density at radius 1 is 1.11 bits per heavy atom. The van der Waals surface area contributed by atoms with Crippen molar-refractivity contribution < 1.29 is 4.79 Å². The first-order valence-electron chi connectivity index (χ1n) is 5.62. The van der Waals surface area contributed by atoms with Crippen LogP contribution in [0.4, 0.5) is 11.5 Å². The van der Waals surface area contributed by atoms with Gasteiger partial charge in [0.1, 0.15) is 12.0 Å². The Balaban J connectivity index is 1.94. The van der Waals surface area contributed by atoms with E-state index in [1.54, 1.807) is 30.5 Å². The van der Waals surface area contributed by atoms with Gasteiger partial charge in [0, 0.05) is 11.9 Å². The highest BCUT2D eigenvalue weighted by molar-refractivity contribution is 6.00. The molecule has 0 saturated heterocycles. The van der Waals surface area contributed by atoms with Crippen molar-refractivity contribution in [2.75, 3.05) is 11.1 Å². The number of hydrogen-bond donors (Lipinski definition) is 3. The quantitative estimate of drug-likeness (QED) is 0.660. The van der Waals surface area contributed by atoms with E-state index in [1.807, 2.05) is 12.1 Å². The third kappa shape index (κ3) is 1.75. The van der Waals surface area contributed by atoms with Gasteiger partial charge in [0.15, 0.2) is 0 Å². The molecule has 0 spiro atoms. The van der Waals surface area contributed by atoms with Gasteiger partial charge in [-0.2, -0.15) is 0 Å². The molecular formula is C13H12N4O. The monoisotopic (exact) mass is 240 g/mol. The van der Waals surface area contributed by atoms with E-state index in [1.165, 1.54) is 0 Å². The predicted molar refractivity (Wildman–Crippen MR) is 68.9 cm³/mol. The number of nitrogens with zero attached hydrogens (tertiary/aromatic N) is 1. The fourth-order valence-corrected chi connectivity index (χ4v) is 1.94. The number of fused-ring (bicyclic) bond motifs is 1. The van der Waals surface area contributed by atoms with E-state index in [0.29, 0.717) is 17.1 Å². The van der Waals surface area contributed by atoms with Gasteiger partial charge in [-0.3, -0.25) is 4.79 Å². The van der Waals surface area contributed by atoms with Crippen LogP contribution in [0.2, 0.25) is 0 Å². The first kappa shape index (κ1) is 10.6. The molecule has 90 valence electrons. The molecule has 0 fully saturated rings. The molecule has 1 atom stereocenters. The molecule has 5 heteroatoms. The van der Waals surface area contributed by atoms with Gasteiger partial charge in [0.2, 0.25) is 0 Å². The van der Waals surface area contributed by atoms with Gasteiger partial charge in [-0.05, 0) is 29.8 Å². The standard InChI is InChI=1S/C13H12N4O/c14-9-5-3-8(4-6-9)11-16-12-10(13(18)17-11)2-1-7-15-12/h1-7,11H,14H2,(H,15,16)(H,17,18). The van der Waals surface area contributed by atoms with Crippen LogP contribution in [0.25, 0.3) is 0 Å². The Morgan fingerprint density at radius 2 is 1.89 bits per heavy atom. The molecule has 1 aromatic carbocycles. The Kier molecular flexibility index (Phi) is 2.37. The fourth-order valence-electron chi connectivity index (χ4n) is 1.94. The fraction of sp³-hybridized carbons (Fsp3) is 0.0769. The SMILES string of the molecule is Nc1ccc(C2NC(=O)c3cccnc3N2)cc1. The lowest BCUT2D eigenvalue weighted by atomic mass is 10.1. The van der Waals surface area contributed by atoms with E-state index < -0.39 is 0 Å². The van der Waals surface area contributed by atoms with E-state index in [-0.39, 0.29) is 12.1 Å². The van der Waals surface area contributed by atoms with Crippen molar-refractivity contribution in [3.05, 3.63) is 53.7 Å². The number of nitrogens with one attached hydrogen (secondary N) is 2. The van der Waals surface area contributed by atoms with Crippen LogP contribution < -0.4 is 16.4 Å². The van der Waals surface area contributed by atoms with Crippen LogP contribution >= 0.6 is 0 Å². The van der Waals surface area contributed by atoms with Gasteiger partial charge in [0.05, 0.1) is 5.56 Å². The van der Waals surface area contributed by atoms with Crippen molar-refractivity contribution in [2.24, 2.45) is 0 Å². The van der Waals surface area contributed by atoms with Gasteiger partial charge in [-0.1, -0.05) is 12.1 Å². The molecule has 0 saturated carbocycles. The Labute approximate surface area is 104 Å². The molecule has 4 N–H and O–H groups in total. The molecule has 0 bridgehead atoms. The van der Waals surface area contributed by atoms with E-state index in [4.69, 9.17) is 5.73 Å². The minimum atomic E-state index is -0.277. The number of amides is 1. The zero-order valence-electron chi connectivity index (χ0n) is 9.55. The van der Waals surface area contributed by atoms with Crippen molar-refractivity contribution in [2.45, 2.75) is 6.17 Å². The van der Waals surface area contributed by atoms with Crippen LogP contribution in [0.1, 0.15) is 22.1 Å². The smallest absolute Gasteiger partial charge is 0.256 e. The summed E-state index contributed by atoms with van der Waals surface area (Å²) in [5.41, 5.74) is 7.83. The van der Waals surface area contributed by atoms with Gasteiger partial charge in [-0.15, -0.1) is 0 Å². The number of carbonyl (C=O) groups is 1. The highest BCUT2D eigenvalue weighted by Crippen LogP contribution is 2.24. The highest BCUT2D eigenvalue weighted by atomic mass is 16.2. The lowest BCUT2D eigenvalue weighted by Gasteiger charge is -2.27. The molecule has 0 aliphatic carbocycles. The molecule has 1 unspecified atom stereocenters. The summed E-state index contributed by atoms with van der Waals surface area (Å²) >= 11 is 0. The molecule has 2 aromatic rings. The third-order valence-electron chi connectivity index (χ3n) is 2.88. The lowest BCUT2D eigenvalue weighted by molar-refractivity contribution is 0.0935. The molecule has 2 heterocycles. The van der Waals surface area contributed by atoms with Crippen molar-refractivity contribution in [3.8, 4) is 0 Å². The molecule has 1 amide bonds. The summed E-state index contributed by atoms with van der Waals surface area (Å²) in [6.45, 7) is 0. The second kappa shape index (κ2) is 4.03. The Bertz CT molecular complexity index is 594. The zero-order valence-corrected chi connectivity index (χ0v) is 9.55. The number of hydrogen-bond acceptors (Lipinski definition) is 4. The summed E-state index contributed by atoms with van der Waals surface area (Å²) in [4.78, 5) is 16.1. The summed E-state index contributed by atoms with van der Waals surface area (Å²) in [7, 11) is 0. The van der Waals surface area contributed by atoms with Crippen LogP contribution in [0, 0.1) is 0 Å². The number of carbonyl (C=O) groups excluding carboxylic acids is 1. The average Bonchev–Trinajstić information content (AvgIpc) is 2.39. The number of anilines is 2. The first-order valence-corrected chi connectivity index (χ1v) is 5.62. The number of benzene rings is 1. The molecule has 1 aliphatic rings. The zero-order chi connectivity index (χ0) is 12.5. The Morgan fingerprint density at radius 3 is 2.67 bits per heavy atom. The number of nitrogen functional groups attached to an aromatic ring is 1. The molecule has 1 aromatic heterocycles. The topological polar surface area (TPSA) is 80.0 Å². The number of rotatable bonds is 1. The normalized spacial score (nSPS) is 17.6. The summed E-state index contributed by atoms with van der Waals surface area (Å²) in [6.07, 6.45) is 1.38. The molecule has 18 heavy (non-hydrogen) atoms. The van der Waals surface area contributed by atoms with Gasteiger partial charge < -0.3 is 16.4 Å². The van der Waals surface area contributed by atoms with Crippen LogP contribution in [0.5, 0.6) is 0 Å². The molecule has 3 rings (SSSR count). The number of nitrogens with two attached hydrogens (primary N) is 1. The van der Waals surface area contributed by atoms with E-state index in [0.717, 1.165) is 5.56 Å².